The zero-order chi connectivity index (χ0) is 19.4. The number of hydrogen-bond donors (Lipinski definition) is 2. The number of nitrogens with one attached hydrogen (secondary N) is 2. The minimum atomic E-state index is -1.05. The summed E-state index contributed by atoms with van der Waals surface area (Å²) in [5, 5.41) is 5.23. The molecule has 1 aliphatic heterocycles. The average molecular weight is 369 g/mol. The summed E-state index contributed by atoms with van der Waals surface area (Å²) in [5.74, 6) is -1.38. The van der Waals surface area contributed by atoms with Gasteiger partial charge in [0.15, 0.2) is 0 Å². The molecule has 0 saturated carbocycles. The number of halogens is 1. The molecule has 1 fully saturated rings. The molecule has 0 unspecified atom stereocenters. The fourth-order valence-corrected chi connectivity index (χ4v) is 2.98. The van der Waals surface area contributed by atoms with Gasteiger partial charge in [0, 0.05) is 5.69 Å². The number of benzene rings is 2. The average Bonchev–Trinajstić information content (AvgIpc) is 2.86. The number of amides is 4. The highest BCUT2D eigenvalue weighted by Gasteiger charge is 2.47. The van der Waals surface area contributed by atoms with Crippen molar-refractivity contribution in [2.24, 2.45) is 0 Å². The van der Waals surface area contributed by atoms with Crippen molar-refractivity contribution in [3.8, 4) is 0 Å². The van der Waals surface area contributed by atoms with Crippen LogP contribution in [0, 0.1) is 5.82 Å². The molecule has 0 spiro atoms. The molecular weight excluding hydrogens is 349 g/mol. The van der Waals surface area contributed by atoms with E-state index in [2.05, 4.69) is 10.6 Å². The van der Waals surface area contributed by atoms with Gasteiger partial charge in [-0.05, 0) is 49.6 Å². The molecule has 1 heterocycles. The molecular formula is C20H20FN3O3. The number of nitrogens with zero attached hydrogens (tertiary/aromatic N) is 1. The maximum atomic E-state index is 12.9. The third kappa shape index (κ3) is 4.31. The Morgan fingerprint density at radius 3 is 2.44 bits per heavy atom. The number of hydrogen-bond acceptors (Lipinski definition) is 3. The van der Waals surface area contributed by atoms with Crippen LogP contribution in [0.4, 0.5) is 14.9 Å². The summed E-state index contributed by atoms with van der Waals surface area (Å²) in [5.41, 5.74) is 0.400. The molecule has 4 amide bonds. The summed E-state index contributed by atoms with van der Waals surface area (Å²) in [7, 11) is 0. The van der Waals surface area contributed by atoms with Gasteiger partial charge in [0.1, 0.15) is 17.9 Å². The first-order valence-electron chi connectivity index (χ1n) is 8.61. The first kappa shape index (κ1) is 18.6. The van der Waals surface area contributed by atoms with Crippen LogP contribution in [-0.4, -0.2) is 34.8 Å². The quantitative estimate of drug-likeness (QED) is 0.769. The van der Waals surface area contributed by atoms with Gasteiger partial charge in [0.2, 0.25) is 5.91 Å². The summed E-state index contributed by atoms with van der Waals surface area (Å²) in [6.07, 6.45) is 1.05. The minimum absolute atomic E-state index is 0.389. The van der Waals surface area contributed by atoms with Crippen LogP contribution < -0.4 is 10.6 Å². The van der Waals surface area contributed by atoms with E-state index in [0.717, 1.165) is 10.5 Å². The van der Waals surface area contributed by atoms with Crippen molar-refractivity contribution in [3.05, 3.63) is 66.0 Å². The highest BCUT2D eigenvalue weighted by Crippen LogP contribution is 2.23. The van der Waals surface area contributed by atoms with E-state index in [1.54, 1.807) is 6.92 Å². The maximum absolute atomic E-state index is 12.9. The lowest BCUT2D eigenvalue weighted by atomic mass is 9.93. The number of anilines is 1. The fourth-order valence-electron chi connectivity index (χ4n) is 2.98. The molecule has 1 saturated heterocycles. The van der Waals surface area contributed by atoms with Crippen molar-refractivity contribution in [1.82, 2.24) is 10.2 Å². The third-order valence-electron chi connectivity index (χ3n) is 4.53. The van der Waals surface area contributed by atoms with Crippen LogP contribution in [0.3, 0.4) is 0 Å². The highest BCUT2D eigenvalue weighted by molar-refractivity contribution is 6.09. The Morgan fingerprint density at radius 2 is 1.78 bits per heavy atom. The predicted molar refractivity (Wildman–Crippen MR) is 98.4 cm³/mol. The van der Waals surface area contributed by atoms with Gasteiger partial charge in [-0.2, -0.15) is 0 Å². The lowest BCUT2D eigenvalue weighted by molar-refractivity contribution is -0.133. The molecule has 1 atom stereocenters. The van der Waals surface area contributed by atoms with E-state index in [1.807, 2.05) is 30.3 Å². The Kier molecular flexibility index (Phi) is 5.21. The Hall–Kier alpha value is -3.22. The van der Waals surface area contributed by atoms with E-state index in [-0.39, 0.29) is 0 Å². The summed E-state index contributed by atoms with van der Waals surface area (Å²) in [6, 6.07) is 14.3. The van der Waals surface area contributed by atoms with Gasteiger partial charge in [0.05, 0.1) is 0 Å². The van der Waals surface area contributed by atoms with Crippen LogP contribution in [0.5, 0.6) is 0 Å². The SMILES string of the molecule is C[C@@]1(CCc2ccccc2)NC(=O)N(CC(=O)Nc2ccc(F)cc2)C1=O. The number of imide groups is 1. The third-order valence-corrected chi connectivity index (χ3v) is 4.53. The second kappa shape index (κ2) is 7.57. The molecule has 7 heteroatoms. The summed E-state index contributed by atoms with van der Waals surface area (Å²) in [6.45, 7) is 1.26. The molecule has 6 nitrogen and oxygen atoms in total. The van der Waals surface area contributed by atoms with Crippen LogP contribution in [-0.2, 0) is 16.0 Å². The highest BCUT2D eigenvalue weighted by atomic mass is 19.1. The van der Waals surface area contributed by atoms with Gasteiger partial charge in [-0.3, -0.25) is 14.5 Å². The zero-order valence-electron chi connectivity index (χ0n) is 14.9. The second-order valence-electron chi connectivity index (χ2n) is 6.69. The van der Waals surface area contributed by atoms with E-state index >= 15 is 0 Å². The van der Waals surface area contributed by atoms with E-state index in [9.17, 15) is 18.8 Å². The van der Waals surface area contributed by atoms with Crippen LogP contribution in [0.15, 0.2) is 54.6 Å². The van der Waals surface area contributed by atoms with Crippen molar-refractivity contribution in [3.63, 3.8) is 0 Å². The van der Waals surface area contributed by atoms with Crippen LogP contribution >= 0.6 is 0 Å². The van der Waals surface area contributed by atoms with Crippen LogP contribution in [0.1, 0.15) is 18.9 Å². The number of aryl methyl sites for hydroxylation is 1. The first-order valence-corrected chi connectivity index (χ1v) is 8.61. The van der Waals surface area contributed by atoms with E-state index in [1.165, 1.54) is 24.3 Å². The minimum Gasteiger partial charge on any atom is -0.325 e. The second-order valence-corrected chi connectivity index (χ2v) is 6.69. The van der Waals surface area contributed by atoms with E-state index in [0.29, 0.717) is 18.5 Å². The lowest BCUT2D eigenvalue weighted by Crippen LogP contribution is -2.45. The molecule has 2 N–H and O–H groups in total. The van der Waals surface area contributed by atoms with Gasteiger partial charge in [-0.15, -0.1) is 0 Å². The molecule has 0 aliphatic carbocycles. The molecule has 27 heavy (non-hydrogen) atoms. The van der Waals surface area contributed by atoms with Gasteiger partial charge < -0.3 is 10.6 Å². The Labute approximate surface area is 156 Å². The predicted octanol–water partition coefficient (Wildman–Crippen LogP) is 2.71. The van der Waals surface area contributed by atoms with Gasteiger partial charge in [-0.25, -0.2) is 9.18 Å². The summed E-state index contributed by atoms with van der Waals surface area (Å²) < 4.78 is 12.9. The Bertz CT molecular complexity index is 855. The zero-order valence-corrected chi connectivity index (χ0v) is 14.9. The standard InChI is InChI=1S/C20H20FN3O3/c1-20(12-11-14-5-3-2-4-6-14)18(26)24(19(27)23-20)13-17(25)22-16-9-7-15(21)8-10-16/h2-10H,11-13H2,1H3,(H,22,25)(H,23,27)/t20-/m0/s1. The molecule has 2 aromatic carbocycles. The lowest BCUT2D eigenvalue weighted by Gasteiger charge is -2.21. The van der Waals surface area contributed by atoms with Crippen molar-refractivity contribution in [2.45, 2.75) is 25.3 Å². The molecule has 0 radical (unpaired) electrons. The number of urea groups is 1. The smallest absolute Gasteiger partial charge is 0.325 e. The van der Waals surface area contributed by atoms with Crippen molar-refractivity contribution in [2.75, 3.05) is 11.9 Å². The largest absolute Gasteiger partial charge is 0.325 e. The number of carbonyl (C=O) groups excluding carboxylic acids is 3. The molecule has 1 aliphatic rings. The van der Waals surface area contributed by atoms with Gasteiger partial charge in [0.25, 0.3) is 5.91 Å². The van der Waals surface area contributed by atoms with E-state index < -0.39 is 35.7 Å². The summed E-state index contributed by atoms with van der Waals surface area (Å²) >= 11 is 0. The van der Waals surface area contributed by atoms with Crippen molar-refractivity contribution >= 4 is 23.5 Å². The van der Waals surface area contributed by atoms with Crippen molar-refractivity contribution < 1.29 is 18.8 Å². The summed E-state index contributed by atoms with van der Waals surface area (Å²) in [4.78, 5) is 38.0. The molecule has 0 bridgehead atoms. The monoisotopic (exact) mass is 369 g/mol. The van der Waals surface area contributed by atoms with Crippen molar-refractivity contribution in [1.29, 1.82) is 0 Å². The number of rotatable bonds is 6. The van der Waals surface area contributed by atoms with Gasteiger partial charge >= 0.3 is 6.03 Å². The van der Waals surface area contributed by atoms with Crippen LogP contribution in [0.2, 0.25) is 0 Å². The molecule has 0 aromatic heterocycles. The Morgan fingerprint density at radius 1 is 1.11 bits per heavy atom. The topological polar surface area (TPSA) is 78.5 Å². The molecule has 3 rings (SSSR count). The molecule has 2 aromatic rings. The first-order chi connectivity index (χ1) is 12.9. The van der Waals surface area contributed by atoms with Crippen LogP contribution in [0.25, 0.3) is 0 Å². The number of carbonyl (C=O) groups is 3. The normalized spacial score (nSPS) is 19.1. The fraction of sp³-hybridized carbons (Fsp3) is 0.250. The van der Waals surface area contributed by atoms with E-state index in [4.69, 9.17) is 0 Å². The van der Waals surface area contributed by atoms with Gasteiger partial charge in [-0.1, -0.05) is 30.3 Å². The maximum Gasteiger partial charge on any atom is 0.325 e. The Balaban J connectivity index is 1.61. The molecule has 140 valence electrons.